The first-order valence-corrected chi connectivity index (χ1v) is 5.33. The summed E-state index contributed by atoms with van der Waals surface area (Å²) >= 11 is 0. The van der Waals surface area contributed by atoms with E-state index in [0.717, 1.165) is 0 Å². The molecule has 0 amide bonds. The maximum atomic E-state index is 7.00. The van der Waals surface area contributed by atoms with Crippen molar-refractivity contribution >= 4 is 29.2 Å². The SMILES string of the molecule is O[B]O.c1ccc2cc3ccccc3cc2c1. The van der Waals surface area contributed by atoms with Crippen molar-refractivity contribution in [2.24, 2.45) is 0 Å². The zero-order valence-corrected chi connectivity index (χ0v) is 9.25. The van der Waals surface area contributed by atoms with Crippen molar-refractivity contribution < 1.29 is 10.0 Å². The molecule has 0 saturated carbocycles. The lowest BCUT2D eigenvalue weighted by Gasteiger charge is -2.00. The van der Waals surface area contributed by atoms with Gasteiger partial charge >= 0.3 is 7.69 Å². The van der Waals surface area contributed by atoms with Crippen LogP contribution in [0.2, 0.25) is 0 Å². The van der Waals surface area contributed by atoms with Gasteiger partial charge in [0.2, 0.25) is 0 Å². The van der Waals surface area contributed by atoms with E-state index in [2.05, 4.69) is 60.7 Å². The Hall–Kier alpha value is -1.84. The Morgan fingerprint density at radius 1 is 0.588 bits per heavy atom. The van der Waals surface area contributed by atoms with Crippen LogP contribution in [0.25, 0.3) is 21.5 Å². The van der Waals surface area contributed by atoms with Gasteiger partial charge in [0.25, 0.3) is 0 Å². The molecule has 83 valence electrons. The predicted molar refractivity (Wildman–Crippen MR) is 71.6 cm³/mol. The molecule has 3 rings (SSSR count). The van der Waals surface area contributed by atoms with Crippen LogP contribution in [0.4, 0.5) is 0 Å². The molecule has 0 aliphatic heterocycles. The van der Waals surface area contributed by atoms with Crippen LogP contribution < -0.4 is 0 Å². The van der Waals surface area contributed by atoms with E-state index < -0.39 is 0 Å². The van der Waals surface area contributed by atoms with Gasteiger partial charge in [0.1, 0.15) is 0 Å². The summed E-state index contributed by atoms with van der Waals surface area (Å²) in [6.45, 7) is 0. The summed E-state index contributed by atoms with van der Waals surface area (Å²) in [5, 5.41) is 19.2. The molecule has 0 aliphatic rings. The van der Waals surface area contributed by atoms with E-state index in [1.165, 1.54) is 21.5 Å². The largest absolute Gasteiger partial charge is 0.482 e. The summed E-state index contributed by atoms with van der Waals surface area (Å²) in [6, 6.07) is 21.4. The molecule has 0 atom stereocenters. The molecular formula is C14H12BO2. The van der Waals surface area contributed by atoms with Gasteiger partial charge in [-0.1, -0.05) is 48.5 Å². The van der Waals surface area contributed by atoms with Crippen molar-refractivity contribution in [3.05, 3.63) is 60.7 Å². The Labute approximate surface area is 100 Å². The third-order valence-electron chi connectivity index (χ3n) is 2.61. The minimum absolute atomic E-state index is 0. The van der Waals surface area contributed by atoms with Gasteiger partial charge in [-0.25, -0.2) is 0 Å². The van der Waals surface area contributed by atoms with Gasteiger partial charge in [0, 0.05) is 0 Å². The Kier molecular flexibility index (Phi) is 3.75. The number of fused-ring (bicyclic) bond motifs is 2. The molecule has 2 N–H and O–H groups in total. The molecule has 0 saturated heterocycles. The van der Waals surface area contributed by atoms with E-state index in [4.69, 9.17) is 10.0 Å². The molecule has 0 spiro atoms. The van der Waals surface area contributed by atoms with Gasteiger partial charge in [-0.15, -0.1) is 0 Å². The molecular weight excluding hydrogens is 211 g/mol. The van der Waals surface area contributed by atoms with Gasteiger partial charge < -0.3 is 10.0 Å². The summed E-state index contributed by atoms with van der Waals surface area (Å²) in [7, 11) is 0. The van der Waals surface area contributed by atoms with Gasteiger partial charge in [-0.2, -0.15) is 0 Å². The average molecular weight is 223 g/mol. The van der Waals surface area contributed by atoms with Crippen LogP contribution in [0.5, 0.6) is 0 Å². The highest BCUT2D eigenvalue weighted by molar-refractivity contribution is 6.13. The standard InChI is InChI=1S/C14H10.BH2O2/c1-2-6-12-10-14-8-4-3-7-13(14)9-11(12)5-1;2-1-3/h1-10H;2-3H. The molecule has 1 radical (unpaired) electrons. The average Bonchev–Trinajstić information content (AvgIpc) is 2.37. The molecule has 3 aromatic carbocycles. The number of hydrogen-bond acceptors (Lipinski definition) is 2. The van der Waals surface area contributed by atoms with Crippen molar-refractivity contribution in [2.45, 2.75) is 0 Å². The first-order chi connectivity index (χ1) is 8.35. The molecule has 0 unspecified atom stereocenters. The first-order valence-electron chi connectivity index (χ1n) is 5.33. The minimum atomic E-state index is 0. The van der Waals surface area contributed by atoms with Crippen LogP contribution in [-0.4, -0.2) is 17.7 Å². The monoisotopic (exact) mass is 223 g/mol. The second kappa shape index (κ2) is 5.48. The highest BCUT2D eigenvalue weighted by atomic mass is 16.4. The van der Waals surface area contributed by atoms with Crippen molar-refractivity contribution in [3.8, 4) is 0 Å². The molecule has 0 fully saturated rings. The normalized spacial score (nSPS) is 9.76. The van der Waals surface area contributed by atoms with E-state index in [0.29, 0.717) is 0 Å². The highest BCUT2D eigenvalue weighted by Crippen LogP contribution is 2.21. The van der Waals surface area contributed by atoms with Crippen LogP contribution in [0.15, 0.2) is 60.7 Å². The predicted octanol–water partition coefficient (Wildman–Crippen LogP) is 2.50. The molecule has 17 heavy (non-hydrogen) atoms. The van der Waals surface area contributed by atoms with Crippen molar-refractivity contribution in [1.82, 2.24) is 0 Å². The molecule has 0 aliphatic carbocycles. The Bertz CT molecular complexity index is 517. The van der Waals surface area contributed by atoms with Crippen molar-refractivity contribution in [1.29, 1.82) is 0 Å². The zero-order valence-electron chi connectivity index (χ0n) is 9.25. The van der Waals surface area contributed by atoms with Gasteiger partial charge in [0.15, 0.2) is 0 Å². The Morgan fingerprint density at radius 3 is 1.06 bits per heavy atom. The van der Waals surface area contributed by atoms with Crippen LogP contribution in [0.1, 0.15) is 0 Å². The third kappa shape index (κ3) is 2.64. The van der Waals surface area contributed by atoms with Crippen molar-refractivity contribution in [2.75, 3.05) is 0 Å². The van der Waals surface area contributed by atoms with Crippen LogP contribution >= 0.6 is 0 Å². The van der Waals surface area contributed by atoms with E-state index in [9.17, 15) is 0 Å². The maximum absolute atomic E-state index is 7.00. The zero-order chi connectivity index (χ0) is 12.1. The smallest absolute Gasteiger partial charge is 0.429 e. The first kappa shape index (κ1) is 11.6. The topological polar surface area (TPSA) is 40.5 Å². The lowest BCUT2D eigenvalue weighted by molar-refractivity contribution is 0.448. The third-order valence-corrected chi connectivity index (χ3v) is 2.61. The lowest BCUT2D eigenvalue weighted by Crippen LogP contribution is -1.75. The quantitative estimate of drug-likeness (QED) is 0.454. The second-order valence-corrected chi connectivity index (χ2v) is 3.66. The fourth-order valence-electron chi connectivity index (χ4n) is 1.88. The van der Waals surface area contributed by atoms with Crippen LogP contribution in [0, 0.1) is 0 Å². The van der Waals surface area contributed by atoms with E-state index in [1.54, 1.807) is 0 Å². The van der Waals surface area contributed by atoms with E-state index in [-0.39, 0.29) is 7.69 Å². The fourth-order valence-corrected chi connectivity index (χ4v) is 1.88. The number of rotatable bonds is 0. The molecule has 0 bridgehead atoms. The summed E-state index contributed by atoms with van der Waals surface area (Å²) in [4.78, 5) is 0. The van der Waals surface area contributed by atoms with E-state index in [1.807, 2.05) is 0 Å². The Morgan fingerprint density at radius 2 is 0.824 bits per heavy atom. The van der Waals surface area contributed by atoms with Crippen LogP contribution in [0.3, 0.4) is 0 Å². The summed E-state index contributed by atoms with van der Waals surface area (Å²) in [6.07, 6.45) is 0. The maximum Gasteiger partial charge on any atom is 0.482 e. The van der Waals surface area contributed by atoms with Gasteiger partial charge in [-0.3, -0.25) is 0 Å². The fraction of sp³-hybridized carbons (Fsp3) is 0. The Balaban J connectivity index is 0.000000329. The molecule has 2 nitrogen and oxygen atoms in total. The number of hydrogen-bond donors (Lipinski definition) is 2. The summed E-state index contributed by atoms with van der Waals surface area (Å²) < 4.78 is 0. The molecule has 0 aromatic heterocycles. The summed E-state index contributed by atoms with van der Waals surface area (Å²) in [5.41, 5.74) is 0. The highest BCUT2D eigenvalue weighted by Gasteiger charge is 1.95. The van der Waals surface area contributed by atoms with Gasteiger partial charge in [0.05, 0.1) is 0 Å². The summed E-state index contributed by atoms with van der Waals surface area (Å²) in [5.74, 6) is 0. The van der Waals surface area contributed by atoms with Crippen molar-refractivity contribution in [3.63, 3.8) is 0 Å². The van der Waals surface area contributed by atoms with Gasteiger partial charge in [-0.05, 0) is 33.7 Å². The minimum Gasteiger partial charge on any atom is -0.429 e. The second-order valence-electron chi connectivity index (χ2n) is 3.66. The lowest BCUT2D eigenvalue weighted by atomic mass is 10.0. The number of benzene rings is 3. The molecule has 0 heterocycles. The molecule has 3 aromatic rings. The van der Waals surface area contributed by atoms with E-state index >= 15 is 0 Å². The molecule has 3 heteroatoms. The van der Waals surface area contributed by atoms with Crippen LogP contribution in [-0.2, 0) is 0 Å².